The van der Waals surface area contributed by atoms with Crippen molar-refractivity contribution in [3.05, 3.63) is 29.8 Å². The van der Waals surface area contributed by atoms with Gasteiger partial charge in [0.05, 0.1) is 0 Å². The number of fused-ring (bicyclic) bond motifs is 1. The molecule has 0 saturated heterocycles. The predicted octanol–water partition coefficient (Wildman–Crippen LogP) is 2.76. The molecule has 0 radical (unpaired) electrons. The molecule has 16 heavy (non-hydrogen) atoms. The topological polar surface area (TPSA) is 35.2 Å². The molecule has 0 amide bonds. The minimum Gasteiger partial charge on any atom is -0.486 e. The summed E-state index contributed by atoms with van der Waals surface area (Å²) in [6.45, 7) is 5.22. The molecule has 88 valence electrons. The molecule has 1 aromatic carbocycles. The summed E-state index contributed by atoms with van der Waals surface area (Å²) < 4.78 is 6.20. The zero-order chi connectivity index (χ0) is 11.6. The van der Waals surface area contributed by atoms with Gasteiger partial charge in [-0.25, -0.2) is 0 Å². The second kappa shape index (κ2) is 4.46. The normalized spacial score (nSPS) is 23.2. The van der Waals surface area contributed by atoms with E-state index in [1.807, 2.05) is 6.07 Å². The molecule has 1 aromatic rings. The molecule has 1 heterocycles. The van der Waals surface area contributed by atoms with Crippen LogP contribution in [0.15, 0.2) is 24.3 Å². The molecule has 1 atom stereocenters. The van der Waals surface area contributed by atoms with E-state index < -0.39 is 0 Å². The quantitative estimate of drug-likeness (QED) is 0.845. The highest BCUT2D eigenvalue weighted by Crippen LogP contribution is 2.41. The van der Waals surface area contributed by atoms with E-state index in [-0.39, 0.29) is 5.60 Å². The van der Waals surface area contributed by atoms with Gasteiger partial charge in [0.2, 0.25) is 0 Å². The number of para-hydroxylation sites is 1. The van der Waals surface area contributed by atoms with Crippen molar-refractivity contribution in [3.63, 3.8) is 0 Å². The number of nitrogens with two attached hydrogens (primary N) is 1. The first-order valence-corrected chi connectivity index (χ1v) is 6.15. The van der Waals surface area contributed by atoms with Crippen LogP contribution in [-0.2, 0) is 6.42 Å². The SMILES string of the molecule is CC(C)C1(CCCN)Cc2ccccc2O1. The summed E-state index contributed by atoms with van der Waals surface area (Å²) in [5.74, 6) is 1.58. The van der Waals surface area contributed by atoms with E-state index in [4.69, 9.17) is 10.5 Å². The third-order valence-corrected chi connectivity index (χ3v) is 3.63. The lowest BCUT2D eigenvalue weighted by Gasteiger charge is -2.33. The van der Waals surface area contributed by atoms with Crippen molar-refractivity contribution in [1.29, 1.82) is 0 Å². The molecule has 0 bridgehead atoms. The van der Waals surface area contributed by atoms with Gasteiger partial charge < -0.3 is 10.5 Å². The Hall–Kier alpha value is -1.02. The first kappa shape index (κ1) is 11.5. The van der Waals surface area contributed by atoms with E-state index in [0.717, 1.165) is 31.6 Å². The van der Waals surface area contributed by atoms with Gasteiger partial charge in [-0.2, -0.15) is 0 Å². The van der Waals surface area contributed by atoms with Crippen LogP contribution in [-0.4, -0.2) is 12.1 Å². The Morgan fingerprint density at radius 1 is 1.38 bits per heavy atom. The molecule has 2 nitrogen and oxygen atoms in total. The molecule has 1 aliphatic rings. The Bertz CT molecular complexity index is 335. The Labute approximate surface area is 97.8 Å². The fourth-order valence-corrected chi connectivity index (χ4v) is 2.48. The molecule has 0 fully saturated rings. The van der Waals surface area contributed by atoms with Crippen molar-refractivity contribution >= 4 is 0 Å². The van der Waals surface area contributed by atoms with Crippen LogP contribution < -0.4 is 10.5 Å². The smallest absolute Gasteiger partial charge is 0.123 e. The van der Waals surface area contributed by atoms with Gasteiger partial charge in [0.1, 0.15) is 11.4 Å². The van der Waals surface area contributed by atoms with Crippen LogP contribution in [0.1, 0.15) is 32.3 Å². The van der Waals surface area contributed by atoms with E-state index in [9.17, 15) is 0 Å². The molecule has 0 saturated carbocycles. The average molecular weight is 219 g/mol. The second-order valence-corrected chi connectivity index (χ2v) is 5.00. The maximum atomic E-state index is 6.20. The van der Waals surface area contributed by atoms with Gasteiger partial charge in [-0.15, -0.1) is 0 Å². The van der Waals surface area contributed by atoms with E-state index >= 15 is 0 Å². The summed E-state index contributed by atoms with van der Waals surface area (Å²) in [6.07, 6.45) is 3.11. The fraction of sp³-hybridized carbons (Fsp3) is 0.571. The van der Waals surface area contributed by atoms with Crippen molar-refractivity contribution in [2.75, 3.05) is 6.54 Å². The molecule has 2 heteroatoms. The van der Waals surface area contributed by atoms with Crippen LogP contribution in [0.3, 0.4) is 0 Å². The first-order valence-electron chi connectivity index (χ1n) is 6.15. The van der Waals surface area contributed by atoms with Crippen molar-refractivity contribution in [2.24, 2.45) is 11.7 Å². The Kier molecular flexibility index (Phi) is 3.20. The van der Waals surface area contributed by atoms with Gasteiger partial charge in [0.25, 0.3) is 0 Å². The second-order valence-electron chi connectivity index (χ2n) is 5.00. The van der Waals surface area contributed by atoms with E-state index in [1.54, 1.807) is 0 Å². The minimum atomic E-state index is -0.0247. The van der Waals surface area contributed by atoms with Crippen molar-refractivity contribution in [1.82, 2.24) is 0 Å². The van der Waals surface area contributed by atoms with Crippen LogP contribution in [0.25, 0.3) is 0 Å². The number of ether oxygens (including phenoxy) is 1. The standard InChI is InChI=1S/C14H21NO/c1-11(2)14(8-5-9-15)10-12-6-3-4-7-13(12)16-14/h3-4,6-7,11H,5,8-10,15H2,1-2H3. The Balaban J connectivity index is 2.20. The monoisotopic (exact) mass is 219 g/mol. The van der Waals surface area contributed by atoms with Crippen molar-refractivity contribution < 1.29 is 4.74 Å². The molecule has 2 N–H and O–H groups in total. The van der Waals surface area contributed by atoms with E-state index in [1.165, 1.54) is 5.56 Å². The molecular weight excluding hydrogens is 198 g/mol. The number of benzene rings is 1. The Morgan fingerprint density at radius 2 is 2.12 bits per heavy atom. The van der Waals surface area contributed by atoms with Gasteiger partial charge in [0, 0.05) is 6.42 Å². The van der Waals surface area contributed by atoms with Crippen LogP contribution in [0.4, 0.5) is 0 Å². The summed E-state index contributed by atoms with van der Waals surface area (Å²) in [4.78, 5) is 0. The zero-order valence-electron chi connectivity index (χ0n) is 10.2. The molecule has 2 rings (SSSR count). The molecule has 0 spiro atoms. The summed E-state index contributed by atoms with van der Waals surface area (Å²) in [5, 5.41) is 0. The zero-order valence-corrected chi connectivity index (χ0v) is 10.2. The van der Waals surface area contributed by atoms with E-state index in [0.29, 0.717) is 5.92 Å². The third kappa shape index (κ3) is 1.94. The summed E-state index contributed by atoms with van der Waals surface area (Å²) in [7, 11) is 0. The molecule has 0 aliphatic carbocycles. The number of hydrogen-bond acceptors (Lipinski definition) is 2. The van der Waals surface area contributed by atoms with Gasteiger partial charge in [0.15, 0.2) is 0 Å². The average Bonchev–Trinajstić information content (AvgIpc) is 2.66. The number of rotatable bonds is 4. The summed E-state index contributed by atoms with van der Waals surface area (Å²) in [6, 6.07) is 8.36. The van der Waals surface area contributed by atoms with Gasteiger partial charge in [-0.1, -0.05) is 32.0 Å². The van der Waals surface area contributed by atoms with Crippen LogP contribution >= 0.6 is 0 Å². The van der Waals surface area contributed by atoms with E-state index in [2.05, 4.69) is 32.0 Å². The summed E-state index contributed by atoms with van der Waals surface area (Å²) in [5.41, 5.74) is 6.93. The molecule has 1 unspecified atom stereocenters. The summed E-state index contributed by atoms with van der Waals surface area (Å²) >= 11 is 0. The van der Waals surface area contributed by atoms with Gasteiger partial charge in [-0.05, 0) is 36.9 Å². The van der Waals surface area contributed by atoms with Gasteiger partial charge in [-0.3, -0.25) is 0 Å². The first-order chi connectivity index (χ1) is 7.68. The van der Waals surface area contributed by atoms with Crippen LogP contribution in [0, 0.1) is 5.92 Å². The van der Waals surface area contributed by atoms with Crippen LogP contribution in [0.5, 0.6) is 5.75 Å². The highest BCUT2D eigenvalue weighted by atomic mass is 16.5. The lowest BCUT2D eigenvalue weighted by molar-refractivity contribution is 0.0344. The molecule has 1 aliphatic heterocycles. The fourth-order valence-electron chi connectivity index (χ4n) is 2.48. The largest absolute Gasteiger partial charge is 0.486 e. The van der Waals surface area contributed by atoms with Crippen molar-refractivity contribution in [3.8, 4) is 5.75 Å². The predicted molar refractivity (Wildman–Crippen MR) is 66.6 cm³/mol. The Morgan fingerprint density at radius 3 is 2.75 bits per heavy atom. The lowest BCUT2D eigenvalue weighted by atomic mass is 9.82. The maximum absolute atomic E-state index is 6.20. The minimum absolute atomic E-state index is 0.0247. The highest BCUT2D eigenvalue weighted by molar-refractivity contribution is 5.39. The third-order valence-electron chi connectivity index (χ3n) is 3.63. The van der Waals surface area contributed by atoms with Crippen molar-refractivity contribution in [2.45, 2.75) is 38.7 Å². The maximum Gasteiger partial charge on any atom is 0.123 e. The number of hydrogen-bond donors (Lipinski definition) is 1. The lowest BCUT2D eigenvalue weighted by Crippen LogP contribution is -2.40. The highest BCUT2D eigenvalue weighted by Gasteiger charge is 2.41. The molecule has 0 aromatic heterocycles. The molecular formula is C14H21NO. The van der Waals surface area contributed by atoms with Gasteiger partial charge >= 0.3 is 0 Å². The van der Waals surface area contributed by atoms with Crippen LogP contribution in [0.2, 0.25) is 0 Å².